The van der Waals surface area contributed by atoms with Crippen LogP contribution in [-0.4, -0.2) is 153 Å². The predicted octanol–water partition coefficient (Wildman–Crippen LogP) is 8.56. The number of hydrazine groups is 1. The minimum absolute atomic E-state index is 0.0474. The van der Waals surface area contributed by atoms with Crippen molar-refractivity contribution in [3.8, 4) is 34.2 Å². The summed E-state index contributed by atoms with van der Waals surface area (Å²) in [6.45, 7) is 30.4. The molecule has 1 spiro atoms. The number of aryl methyl sites for hydroxylation is 1. The number of nitrogens with zero attached hydrogens (tertiary/aromatic N) is 6. The molecule has 75 heavy (non-hydrogen) atoms. The number of rotatable bonds is 19. The number of likely N-dealkylation sites (N-methyl/N-ethyl adjacent to an activating group) is 1. The second-order valence-electron chi connectivity index (χ2n) is 22.0. The van der Waals surface area contributed by atoms with Crippen molar-refractivity contribution in [1.29, 1.82) is 0 Å². The molecule has 0 radical (unpaired) electrons. The van der Waals surface area contributed by atoms with Crippen molar-refractivity contribution < 1.29 is 23.9 Å². The SMILES string of the molecule is C=CC#CC(C)(C)N(C)C.C=CNC.CCn1c(-c2cccnc2C(C)OC)c(CC(C)(C)COC=O)c2cc(-c3cccc(CC(C=O)NC(=O)C(C(C)C)N4CCC45CN(C)C5)c3)ccc21.CN1CCCCN1. The third-order valence-corrected chi connectivity index (χ3v) is 14.6. The molecule has 2 aromatic heterocycles. The third-order valence-electron chi connectivity index (χ3n) is 14.6. The molecule has 14 heteroatoms. The van der Waals surface area contributed by atoms with Crippen molar-refractivity contribution in [2.75, 3.05) is 81.7 Å². The van der Waals surface area contributed by atoms with E-state index >= 15 is 0 Å². The number of pyridine rings is 1. The number of hydrogen-bond donors (Lipinski definition) is 3. The Bertz CT molecular complexity index is 2540. The van der Waals surface area contributed by atoms with Crippen LogP contribution in [0.25, 0.3) is 33.3 Å². The van der Waals surface area contributed by atoms with Crippen LogP contribution in [0.3, 0.4) is 0 Å². The molecule has 3 aliphatic heterocycles. The van der Waals surface area contributed by atoms with Gasteiger partial charge in [0.05, 0.1) is 41.7 Å². The van der Waals surface area contributed by atoms with Gasteiger partial charge in [0.25, 0.3) is 6.47 Å². The molecule has 410 valence electrons. The lowest BCUT2D eigenvalue weighted by atomic mass is 9.75. The standard InChI is InChI=1S/C44H57N5O5.C9H15N.C5H12N2.C3H7N/c1-9-48-38-16-15-33(22-36(38)37(23-43(5,6)27-54-28-51)41(48)35-14-11-18-45-39(35)30(4)53-8)32-13-10-12-31(20-32)21-34(24-50)46-42(52)40(29(2)3)49-19-17-44(49)25-47(7)26-44;1-6-7-8-9(2,3)10(4)5;1-7-5-3-2-4-6-7;1-3-4-2/h10-16,18,20,22,24,28-30,34,40H,9,17,19,21,23,25-27H2,1-8H3,(H,46,52);6H,1H2,2-5H3;6H,2-5H2,1H3;3-4H,1H2,2H3. The van der Waals surface area contributed by atoms with E-state index in [0.717, 1.165) is 95.5 Å². The van der Waals surface area contributed by atoms with Gasteiger partial charge >= 0.3 is 0 Å². The molecule has 1 amide bonds. The minimum Gasteiger partial charge on any atom is -0.467 e. The van der Waals surface area contributed by atoms with Crippen LogP contribution < -0.4 is 16.1 Å². The fourth-order valence-electron chi connectivity index (χ4n) is 10.1. The van der Waals surface area contributed by atoms with Crippen molar-refractivity contribution in [1.82, 2.24) is 45.3 Å². The quantitative estimate of drug-likeness (QED) is 0.0614. The molecule has 5 heterocycles. The van der Waals surface area contributed by atoms with E-state index in [9.17, 15) is 14.4 Å². The summed E-state index contributed by atoms with van der Waals surface area (Å²) in [6, 6.07) is 18.0. The Balaban J connectivity index is 0.000000483. The van der Waals surface area contributed by atoms with Crippen molar-refractivity contribution in [3.05, 3.63) is 103 Å². The lowest BCUT2D eigenvalue weighted by molar-refractivity contribution is -0.161. The van der Waals surface area contributed by atoms with Gasteiger partial charge in [0.2, 0.25) is 5.91 Å². The highest BCUT2D eigenvalue weighted by atomic mass is 16.5. The van der Waals surface area contributed by atoms with Crippen molar-refractivity contribution >= 4 is 29.6 Å². The number of amides is 1. The largest absolute Gasteiger partial charge is 0.467 e. The molecule has 3 atom stereocenters. The van der Waals surface area contributed by atoms with E-state index in [4.69, 9.17) is 14.5 Å². The minimum atomic E-state index is -0.635. The molecule has 14 nitrogen and oxygen atoms in total. The molecule has 3 saturated heterocycles. The number of fused-ring (bicyclic) bond motifs is 1. The molecule has 3 aliphatic rings. The lowest BCUT2D eigenvalue weighted by Crippen LogP contribution is -2.79. The number of ether oxygens (including phenoxy) is 2. The van der Waals surface area contributed by atoms with Crippen molar-refractivity contribution in [2.24, 2.45) is 11.3 Å². The van der Waals surface area contributed by atoms with E-state index in [1.807, 2.05) is 46.3 Å². The Kier molecular flexibility index (Phi) is 23.9. The zero-order valence-electron chi connectivity index (χ0n) is 48.0. The van der Waals surface area contributed by atoms with Gasteiger partial charge in [-0.3, -0.25) is 29.8 Å². The van der Waals surface area contributed by atoms with E-state index in [-0.39, 0.29) is 47.1 Å². The Morgan fingerprint density at radius 1 is 1.00 bits per heavy atom. The van der Waals surface area contributed by atoms with Crippen molar-refractivity contribution in [2.45, 2.75) is 123 Å². The van der Waals surface area contributed by atoms with Gasteiger partial charge in [0.15, 0.2) is 0 Å². The van der Waals surface area contributed by atoms with Gasteiger partial charge in [0.1, 0.15) is 6.29 Å². The summed E-state index contributed by atoms with van der Waals surface area (Å²) in [5, 5.41) is 9.06. The molecule has 3 unspecified atom stereocenters. The number of methoxy groups -OCH3 is 1. The number of carbonyl (C=O) groups is 3. The van der Waals surface area contributed by atoms with Crippen LogP contribution in [0.5, 0.6) is 0 Å². The van der Waals surface area contributed by atoms with Gasteiger partial charge in [-0.1, -0.05) is 83.0 Å². The second-order valence-corrected chi connectivity index (χ2v) is 22.0. The van der Waals surface area contributed by atoms with Crippen LogP contribution >= 0.6 is 0 Å². The number of benzene rings is 2. The number of hydrogen-bond acceptors (Lipinski definition) is 12. The maximum Gasteiger partial charge on any atom is 0.293 e. The summed E-state index contributed by atoms with van der Waals surface area (Å²) in [5.41, 5.74) is 11.2. The smallest absolute Gasteiger partial charge is 0.293 e. The summed E-state index contributed by atoms with van der Waals surface area (Å²) >= 11 is 0. The van der Waals surface area contributed by atoms with Crippen LogP contribution in [0.2, 0.25) is 0 Å². The molecule has 0 saturated carbocycles. The predicted molar refractivity (Wildman–Crippen MR) is 308 cm³/mol. The summed E-state index contributed by atoms with van der Waals surface area (Å²) in [5.74, 6) is 5.97. The zero-order valence-corrected chi connectivity index (χ0v) is 48.0. The molecule has 0 aliphatic carbocycles. The van der Waals surface area contributed by atoms with E-state index in [1.165, 1.54) is 19.4 Å². The highest BCUT2D eigenvalue weighted by molar-refractivity contribution is 5.95. The van der Waals surface area contributed by atoms with Gasteiger partial charge in [0, 0.05) is 94.1 Å². The van der Waals surface area contributed by atoms with Crippen LogP contribution in [0.1, 0.15) is 97.6 Å². The molecule has 2 aromatic carbocycles. The number of allylic oxidation sites excluding steroid dienone is 1. The summed E-state index contributed by atoms with van der Waals surface area (Å²) in [6.07, 6.45) is 10.6. The monoisotopic (exact) mass is 1030 g/mol. The zero-order chi connectivity index (χ0) is 55.5. The van der Waals surface area contributed by atoms with Gasteiger partial charge < -0.3 is 34.4 Å². The van der Waals surface area contributed by atoms with Gasteiger partial charge in [-0.15, -0.1) is 0 Å². The maximum absolute atomic E-state index is 13.8. The highest BCUT2D eigenvalue weighted by Gasteiger charge is 2.56. The van der Waals surface area contributed by atoms with Gasteiger partial charge in [-0.25, -0.2) is 5.01 Å². The van der Waals surface area contributed by atoms with Crippen molar-refractivity contribution in [3.63, 3.8) is 0 Å². The average Bonchev–Trinajstić information content (AvgIpc) is 3.68. The molecular formula is C61H91N9O5. The van der Waals surface area contributed by atoms with Crippen LogP contribution in [0, 0.1) is 23.2 Å². The molecule has 3 fully saturated rings. The Morgan fingerprint density at radius 3 is 2.23 bits per heavy atom. The molecule has 0 bridgehead atoms. The first-order valence-electron chi connectivity index (χ1n) is 26.7. The number of aldehydes is 1. The lowest BCUT2D eigenvalue weighted by Gasteiger charge is -2.64. The van der Waals surface area contributed by atoms with E-state index < -0.39 is 6.04 Å². The molecule has 7 rings (SSSR count). The molecule has 4 aromatic rings. The average molecular weight is 1030 g/mol. The number of likely N-dealkylation sites (tertiary alicyclic amines) is 2. The Hall–Kier alpha value is -5.66. The second kappa shape index (κ2) is 29.0. The fraction of sp³-hybridized carbons (Fsp3) is 0.541. The van der Waals surface area contributed by atoms with Gasteiger partial charge in [-0.05, 0) is 146 Å². The normalized spacial score (nSPS) is 16.6. The number of aromatic nitrogens is 2. The Labute approximate surface area is 450 Å². The van der Waals surface area contributed by atoms with Crippen LogP contribution in [0.15, 0.2) is 86.2 Å². The molecular weight excluding hydrogens is 939 g/mol. The van der Waals surface area contributed by atoms with E-state index in [2.05, 4.69) is 164 Å². The van der Waals surface area contributed by atoms with E-state index in [0.29, 0.717) is 19.3 Å². The summed E-state index contributed by atoms with van der Waals surface area (Å²) in [7, 11) is 11.7. The highest BCUT2D eigenvalue weighted by Crippen LogP contribution is 2.43. The summed E-state index contributed by atoms with van der Waals surface area (Å²) in [4.78, 5) is 48.9. The number of nitrogens with one attached hydrogen (secondary N) is 3. The fourth-order valence-corrected chi connectivity index (χ4v) is 10.1. The first-order valence-corrected chi connectivity index (χ1v) is 26.7. The Morgan fingerprint density at radius 2 is 1.71 bits per heavy atom. The summed E-state index contributed by atoms with van der Waals surface area (Å²) < 4.78 is 13.4. The third kappa shape index (κ3) is 16.7. The topological polar surface area (TPSA) is 137 Å². The van der Waals surface area contributed by atoms with Crippen LogP contribution in [-0.2, 0) is 43.2 Å². The first-order chi connectivity index (χ1) is 35.7. The maximum atomic E-state index is 13.8. The van der Waals surface area contributed by atoms with E-state index in [1.54, 1.807) is 25.6 Å². The first kappa shape index (κ1) is 61.9. The van der Waals surface area contributed by atoms with Crippen LogP contribution in [0.4, 0.5) is 0 Å². The molecule has 3 N–H and O–H groups in total. The van der Waals surface area contributed by atoms with Gasteiger partial charge in [-0.2, -0.15) is 0 Å². The number of carbonyl (C=O) groups excluding carboxylic acids is 3.